The number of nitriles is 1. The van der Waals surface area contributed by atoms with E-state index in [4.69, 9.17) is 9.47 Å². The van der Waals surface area contributed by atoms with E-state index < -0.39 is 11.4 Å². The van der Waals surface area contributed by atoms with Gasteiger partial charge in [0.15, 0.2) is 17.0 Å². The van der Waals surface area contributed by atoms with Gasteiger partial charge in [0.2, 0.25) is 6.79 Å². The van der Waals surface area contributed by atoms with Crippen LogP contribution in [0.2, 0.25) is 0 Å². The van der Waals surface area contributed by atoms with Crippen LogP contribution >= 0.6 is 11.8 Å². The Morgan fingerprint density at radius 1 is 1.19 bits per heavy atom. The fraction of sp³-hybridized carbons (Fsp3) is 0.261. The highest BCUT2D eigenvalue weighted by Gasteiger charge is 2.23. The molecule has 8 heteroatoms. The topological polar surface area (TPSA) is 95.7 Å². The molecule has 0 radical (unpaired) electrons. The zero-order valence-electron chi connectivity index (χ0n) is 18.0. The summed E-state index contributed by atoms with van der Waals surface area (Å²) in [5, 5.41) is 17.1. The molecule has 0 fully saturated rings. The van der Waals surface area contributed by atoms with Gasteiger partial charge in [0.05, 0.1) is 0 Å². The predicted octanol–water partition coefficient (Wildman–Crippen LogP) is 4.72. The van der Waals surface area contributed by atoms with Crippen molar-refractivity contribution < 1.29 is 15.7 Å². The highest BCUT2D eigenvalue weighted by Crippen LogP contribution is 2.33. The summed E-state index contributed by atoms with van der Waals surface area (Å²) in [4.78, 5) is 12.4. The first-order valence-corrected chi connectivity index (χ1v) is 11.0. The van der Waals surface area contributed by atoms with Crippen molar-refractivity contribution >= 4 is 28.8 Å². The smallest absolute Gasteiger partial charge is 0.264 e. The maximum Gasteiger partial charge on any atom is 0.264 e. The average Bonchev–Trinajstić information content (AvgIpc) is 3.50. The van der Waals surface area contributed by atoms with Gasteiger partial charge in [0, 0.05) is 6.99 Å². The monoisotopic (exact) mass is 440 g/mol. The molecule has 1 atom stereocenters. The number of benzene rings is 2. The molecule has 0 aromatic heterocycles. The lowest BCUT2D eigenvalue weighted by atomic mass is 10.1. The summed E-state index contributed by atoms with van der Waals surface area (Å²) in [6.45, 7) is 8.17. The van der Waals surface area contributed by atoms with Crippen molar-refractivity contribution in [1.82, 2.24) is 10.7 Å². The maximum absolute atomic E-state index is 12.4. The van der Waals surface area contributed by atoms with Crippen molar-refractivity contribution in [2.75, 3.05) is 6.79 Å². The van der Waals surface area contributed by atoms with Crippen LogP contribution in [-0.4, -0.2) is 23.2 Å². The number of hydrogen-bond acceptors (Lipinski definition) is 7. The predicted molar refractivity (Wildman–Crippen MR) is 127 cm³/mol. The molecule has 2 aromatic carbocycles. The number of fused-ring (bicyclic) bond motifs is 1. The van der Waals surface area contributed by atoms with Crippen LogP contribution in [0.1, 0.15) is 40.2 Å². The number of nitrogens with one attached hydrogen (secondary N) is 2. The molecular weight excluding hydrogens is 412 g/mol. The third kappa shape index (κ3) is 6.27. The molecule has 2 N–H and O–H groups in total. The molecule has 0 saturated heterocycles. The number of nitrogens with zero attached hydrogens (tertiary/aromatic N) is 2. The summed E-state index contributed by atoms with van der Waals surface area (Å²) in [7, 11) is 0. The molecule has 0 spiro atoms. The summed E-state index contributed by atoms with van der Waals surface area (Å²) in [5.74, 6) is 0.757. The number of rotatable bonds is 4. The van der Waals surface area contributed by atoms with E-state index in [1.54, 1.807) is 18.2 Å². The van der Waals surface area contributed by atoms with Crippen molar-refractivity contribution in [2.45, 2.75) is 33.2 Å². The van der Waals surface area contributed by atoms with Crippen LogP contribution < -0.4 is 20.2 Å². The molecule has 1 amide bonds. The fourth-order valence-corrected chi connectivity index (χ4v) is 3.44. The van der Waals surface area contributed by atoms with Crippen LogP contribution in [0.15, 0.2) is 59.2 Å². The van der Waals surface area contributed by atoms with E-state index >= 15 is 0 Å². The van der Waals surface area contributed by atoms with E-state index in [-0.39, 0.29) is 13.8 Å². The highest BCUT2D eigenvalue weighted by molar-refractivity contribution is 8.15. The van der Waals surface area contributed by atoms with E-state index in [0.717, 1.165) is 10.6 Å². The first kappa shape index (κ1) is 23.8. The minimum absolute atomic E-state index is 0. The second-order valence-electron chi connectivity index (χ2n) is 5.67. The molecule has 2 heterocycles. The van der Waals surface area contributed by atoms with Crippen molar-refractivity contribution in [2.24, 2.45) is 5.10 Å². The number of hydrazone groups is 1. The van der Waals surface area contributed by atoms with Gasteiger partial charge >= 0.3 is 0 Å². The van der Waals surface area contributed by atoms with Gasteiger partial charge in [-0.3, -0.25) is 10.2 Å². The lowest BCUT2D eigenvalue weighted by Crippen LogP contribution is -2.39. The quantitative estimate of drug-likeness (QED) is 0.528. The van der Waals surface area contributed by atoms with Crippen molar-refractivity contribution in [3.63, 3.8) is 0 Å². The highest BCUT2D eigenvalue weighted by atomic mass is 32.2. The summed E-state index contributed by atoms with van der Waals surface area (Å²) < 4.78 is 10.6. The van der Waals surface area contributed by atoms with E-state index in [9.17, 15) is 10.1 Å². The molecule has 0 saturated carbocycles. The first-order valence-electron chi connectivity index (χ1n) is 10.1. The number of carbonyl (C=O) groups excluding carboxylic acids is 1. The molecule has 0 aliphatic carbocycles. The molecule has 7 nitrogen and oxygen atoms in total. The summed E-state index contributed by atoms with van der Waals surface area (Å²) >= 11 is 1.38. The van der Waals surface area contributed by atoms with Gasteiger partial charge in [-0.15, -0.1) is 0 Å². The molecule has 2 aliphatic heterocycles. The molecule has 31 heavy (non-hydrogen) atoms. The van der Waals surface area contributed by atoms with Crippen LogP contribution in [0.5, 0.6) is 11.5 Å². The van der Waals surface area contributed by atoms with Crippen molar-refractivity contribution in [3.8, 4) is 17.6 Å². The summed E-state index contributed by atoms with van der Waals surface area (Å²) in [5.41, 5.74) is 4.05. The standard InChI is InChI=1S/C19H14N4O3S.2C2H6.H2/c20-10-14(8-12-6-7-15-16(9-12)26-11-25-15)17(24)21-19-23-22-18(27-19)13-4-2-1-3-5-13;2*1-2;/h1-9,19,23H,11H2,(H,21,24);2*1-2H3;1H/b14-8+;;;. The SMILES string of the molecule is CC.CC.N#C/C(=C\c1ccc2c(c1)OCO2)C(=O)NC1NN=C(c2ccccc2)S1.[HH]. The van der Waals surface area contributed by atoms with E-state index in [1.807, 2.05) is 64.1 Å². The Labute approximate surface area is 188 Å². The minimum atomic E-state index is -0.482. The van der Waals surface area contributed by atoms with Crippen LogP contribution in [0.25, 0.3) is 6.08 Å². The molecule has 0 bridgehead atoms. The van der Waals surface area contributed by atoms with Crippen LogP contribution in [0.4, 0.5) is 0 Å². The maximum atomic E-state index is 12.4. The van der Waals surface area contributed by atoms with E-state index in [1.165, 1.54) is 17.8 Å². The number of thioether (sulfide) groups is 1. The Balaban J connectivity index is 0.000000971. The molecule has 1 unspecified atom stereocenters. The Bertz CT molecular complexity index is 990. The Kier molecular flexibility index (Phi) is 9.46. The fourth-order valence-electron chi connectivity index (χ4n) is 2.57. The van der Waals surface area contributed by atoms with Crippen LogP contribution in [-0.2, 0) is 4.79 Å². The number of hydrogen-bond donors (Lipinski definition) is 2. The molecular formula is C23H28N4O3S. The van der Waals surface area contributed by atoms with Gasteiger partial charge in [0.1, 0.15) is 16.7 Å². The Morgan fingerprint density at radius 3 is 2.61 bits per heavy atom. The number of carbonyl (C=O) groups is 1. The second-order valence-corrected chi connectivity index (χ2v) is 6.76. The number of ether oxygens (including phenoxy) is 2. The summed E-state index contributed by atoms with van der Waals surface area (Å²) in [6.07, 6.45) is 1.51. The van der Waals surface area contributed by atoms with Crippen LogP contribution in [0, 0.1) is 11.3 Å². The van der Waals surface area contributed by atoms with E-state index in [2.05, 4.69) is 15.8 Å². The van der Waals surface area contributed by atoms with Crippen molar-refractivity contribution in [3.05, 3.63) is 65.2 Å². The lowest BCUT2D eigenvalue weighted by molar-refractivity contribution is -0.117. The van der Waals surface area contributed by atoms with Gasteiger partial charge in [-0.05, 0) is 23.8 Å². The van der Waals surface area contributed by atoms with Gasteiger partial charge in [-0.1, -0.05) is 75.9 Å². The van der Waals surface area contributed by atoms with Gasteiger partial charge in [0.25, 0.3) is 5.91 Å². The van der Waals surface area contributed by atoms with Gasteiger partial charge < -0.3 is 14.8 Å². The third-order valence-electron chi connectivity index (χ3n) is 3.87. The molecule has 164 valence electrons. The zero-order chi connectivity index (χ0) is 22.6. The van der Waals surface area contributed by atoms with Crippen LogP contribution in [0.3, 0.4) is 0 Å². The molecule has 2 aromatic rings. The first-order chi connectivity index (χ1) is 15.2. The summed E-state index contributed by atoms with van der Waals surface area (Å²) in [6, 6.07) is 16.8. The Morgan fingerprint density at radius 2 is 1.90 bits per heavy atom. The normalized spacial score (nSPS) is 15.8. The zero-order valence-corrected chi connectivity index (χ0v) is 18.8. The Hall–Kier alpha value is -3.44. The third-order valence-corrected chi connectivity index (χ3v) is 4.88. The largest absolute Gasteiger partial charge is 0.454 e. The number of amides is 1. The minimum Gasteiger partial charge on any atom is -0.454 e. The van der Waals surface area contributed by atoms with E-state index in [0.29, 0.717) is 17.1 Å². The van der Waals surface area contributed by atoms with Crippen molar-refractivity contribution in [1.29, 1.82) is 5.26 Å². The molecule has 4 rings (SSSR count). The molecule has 2 aliphatic rings. The lowest BCUT2D eigenvalue weighted by Gasteiger charge is -2.11. The second kappa shape index (κ2) is 12.3. The average molecular weight is 441 g/mol. The van der Waals surface area contributed by atoms with Gasteiger partial charge in [-0.25, -0.2) is 0 Å². The van der Waals surface area contributed by atoms with Gasteiger partial charge in [-0.2, -0.15) is 10.4 Å².